The fraction of sp³-hybridized carbons (Fsp3) is 0.167. The second kappa shape index (κ2) is 13.9. The van der Waals surface area contributed by atoms with Crippen LogP contribution in [0.25, 0.3) is 17.3 Å². The number of nitrogens with zero attached hydrogens (tertiary/aromatic N) is 4. The van der Waals surface area contributed by atoms with Crippen molar-refractivity contribution in [2.45, 2.75) is 33.6 Å². The van der Waals surface area contributed by atoms with E-state index >= 15 is 0 Å². The normalized spacial score (nSPS) is 18.3. The molecule has 202 valence electrons. The van der Waals surface area contributed by atoms with Crippen LogP contribution in [0.5, 0.6) is 0 Å². The maximum absolute atomic E-state index is 5.10. The van der Waals surface area contributed by atoms with Gasteiger partial charge in [-0.05, 0) is 56.2 Å². The smallest absolute Gasteiger partial charge is 0.145 e. The van der Waals surface area contributed by atoms with Gasteiger partial charge < -0.3 is 4.90 Å². The van der Waals surface area contributed by atoms with E-state index in [1.807, 2.05) is 48.6 Å². The van der Waals surface area contributed by atoms with Gasteiger partial charge in [-0.1, -0.05) is 106 Å². The molecule has 1 aromatic carbocycles. The summed E-state index contributed by atoms with van der Waals surface area (Å²) in [5.41, 5.74) is 5.96. The summed E-state index contributed by atoms with van der Waals surface area (Å²) in [7, 11) is 0. The highest BCUT2D eigenvalue weighted by Gasteiger charge is 2.20. The zero-order chi connectivity index (χ0) is 28.3. The van der Waals surface area contributed by atoms with E-state index in [1.54, 1.807) is 6.08 Å². The molecule has 40 heavy (non-hydrogen) atoms. The molecule has 2 aliphatic rings. The Morgan fingerprint density at radius 2 is 1.90 bits per heavy atom. The van der Waals surface area contributed by atoms with E-state index < -0.39 is 0 Å². The number of amidine groups is 1. The number of para-hydroxylation sites is 1. The molecule has 1 aliphatic carbocycles. The molecule has 0 saturated heterocycles. The highest BCUT2D eigenvalue weighted by molar-refractivity contribution is 6.02. The Balaban J connectivity index is 1.77. The van der Waals surface area contributed by atoms with Crippen LogP contribution in [-0.2, 0) is 0 Å². The molecule has 0 amide bonds. The molecular formula is C36H38N4. The lowest BCUT2D eigenvalue weighted by Gasteiger charge is -2.26. The average molecular weight is 527 g/mol. The van der Waals surface area contributed by atoms with Crippen LogP contribution in [0.4, 0.5) is 5.69 Å². The van der Waals surface area contributed by atoms with Crippen LogP contribution in [-0.4, -0.2) is 15.4 Å². The Morgan fingerprint density at radius 3 is 2.67 bits per heavy atom. The summed E-state index contributed by atoms with van der Waals surface area (Å²) in [5, 5.41) is 0. The number of imidazole rings is 1. The lowest BCUT2D eigenvalue weighted by Crippen LogP contribution is -2.30. The van der Waals surface area contributed by atoms with Crippen LogP contribution in [0.3, 0.4) is 0 Å². The van der Waals surface area contributed by atoms with Crippen LogP contribution in [0, 0.1) is 12.8 Å². The quantitative estimate of drug-likeness (QED) is 0.305. The fourth-order valence-electron chi connectivity index (χ4n) is 4.61. The first kappa shape index (κ1) is 28.3. The summed E-state index contributed by atoms with van der Waals surface area (Å²) in [4.78, 5) is 12.2. The summed E-state index contributed by atoms with van der Waals surface area (Å²) < 4.78 is 2.25. The van der Waals surface area contributed by atoms with Crippen LogP contribution in [0.1, 0.15) is 43.9 Å². The zero-order valence-electron chi connectivity index (χ0n) is 23.7. The number of rotatable bonds is 9. The van der Waals surface area contributed by atoms with E-state index in [2.05, 4.69) is 110 Å². The van der Waals surface area contributed by atoms with E-state index in [1.165, 1.54) is 0 Å². The van der Waals surface area contributed by atoms with Gasteiger partial charge in [0.25, 0.3) is 0 Å². The lowest BCUT2D eigenvalue weighted by atomic mass is 10.0. The van der Waals surface area contributed by atoms with E-state index in [0.29, 0.717) is 0 Å². The van der Waals surface area contributed by atoms with Gasteiger partial charge in [-0.3, -0.25) is 4.57 Å². The largest absolute Gasteiger partial charge is 0.305 e. The molecule has 0 N–H and O–H groups in total. The van der Waals surface area contributed by atoms with Gasteiger partial charge >= 0.3 is 0 Å². The van der Waals surface area contributed by atoms with Crippen LogP contribution in [0.15, 0.2) is 139 Å². The van der Waals surface area contributed by atoms with Crippen LogP contribution < -0.4 is 4.90 Å². The van der Waals surface area contributed by atoms with Crippen molar-refractivity contribution in [2.24, 2.45) is 10.9 Å². The van der Waals surface area contributed by atoms with Gasteiger partial charge in [0.05, 0.1) is 11.4 Å². The minimum atomic E-state index is -0.000745. The molecule has 2 heterocycles. The van der Waals surface area contributed by atoms with Gasteiger partial charge in [0.2, 0.25) is 0 Å². The molecule has 1 aromatic heterocycles. The third kappa shape index (κ3) is 6.83. The Labute approximate surface area is 239 Å². The summed E-state index contributed by atoms with van der Waals surface area (Å²) in [5.74, 6) is 1.81. The molecule has 0 fully saturated rings. The molecule has 2 aromatic rings. The molecule has 1 unspecified atom stereocenters. The molecule has 0 radical (unpaired) electrons. The maximum atomic E-state index is 5.10. The van der Waals surface area contributed by atoms with Crippen molar-refractivity contribution in [3.05, 3.63) is 152 Å². The molecule has 4 heteroatoms. The van der Waals surface area contributed by atoms with Gasteiger partial charge in [0.15, 0.2) is 0 Å². The first-order valence-corrected chi connectivity index (χ1v) is 13.8. The van der Waals surface area contributed by atoms with Gasteiger partial charge in [-0.2, -0.15) is 0 Å². The Hall–Kier alpha value is -4.70. The second-order valence-corrected chi connectivity index (χ2v) is 9.57. The van der Waals surface area contributed by atoms with E-state index in [-0.39, 0.29) is 5.92 Å². The van der Waals surface area contributed by atoms with Gasteiger partial charge in [-0.25, -0.2) is 9.98 Å². The Morgan fingerprint density at radius 1 is 1.10 bits per heavy atom. The van der Waals surface area contributed by atoms with Crippen LogP contribution in [0.2, 0.25) is 0 Å². The number of hydrogen-bond acceptors (Lipinski definition) is 3. The molecule has 0 spiro atoms. The minimum absolute atomic E-state index is 0.000745. The summed E-state index contributed by atoms with van der Waals surface area (Å²) >= 11 is 0. The van der Waals surface area contributed by atoms with Crippen molar-refractivity contribution in [3.63, 3.8) is 0 Å². The standard InChI is InChI=1S/C36H38N4/c1-6-8-24-34-30(5)40(33-22-12-9-10-13-23-33)36(38-34)31(18-7-2)26-25-28(3)35-37-29(4)19-16-17-27-39(35)32-20-14-11-15-21-32/h6,8-12,14-28H,1,4,7,13H2,2-3,5H3/b19-16-,24-8-,26-25-,27-17-,31-18+,37-35?. The van der Waals surface area contributed by atoms with Crippen molar-refractivity contribution in [2.75, 3.05) is 4.90 Å². The average Bonchev–Trinajstić information content (AvgIpc) is 3.10. The first-order valence-electron chi connectivity index (χ1n) is 13.8. The molecule has 4 nitrogen and oxygen atoms in total. The molecule has 0 bridgehead atoms. The highest BCUT2D eigenvalue weighted by Crippen LogP contribution is 2.28. The summed E-state index contributed by atoms with van der Waals surface area (Å²) in [6.45, 7) is 14.4. The summed E-state index contributed by atoms with van der Waals surface area (Å²) in [6.07, 6.45) is 32.8. The molecular weight excluding hydrogens is 488 g/mol. The van der Waals surface area contributed by atoms with Crippen molar-refractivity contribution in [1.29, 1.82) is 0 Å². The van der Waals surface area contributed by atoms with Crippen molar-refractivity contribution >= 4 is 28.9 Å². The van der Waals surface area contributed by atoms with E-state index in [0.717, 1.165) is 58.5 Å². The van der Waals surface area contributed by atoms with Crippen molar-refractivity contribution < 1.29 is 0 Å². The monoisotopic (exact) mass is 526 g/mol. The predicted octanol–water partition coefficient (Wildman–Crippen LogP) is 9.24. The third-order valence-corrected chi connectivity index (χ3v) is 6.60. The SMILES string of the molecule is C=C/C=C\c1nc(C(/C=C\C(C)C2=NC(=C)/C=C\C=C/N2c2ccccc2)=C/CC)n(C2=CCC=CC=C2)c1C. The minimum Gasteiger partial charge on any atom is -0.305 e. The molecule has 1 atom stereocenters. The summed E-state index contributed by atoms with van der Waals surface area (Å²) in [6, 6.07) is 10.3. The van der Waals surface area contributed by atoms with Gasteiger partial charge in [0.1, 0.15) is 11.7 Å². The topological polar surface area (TPSA) is 33.4 Å². The fourth-order valence-corrected chi connectivity index (χ4v) is 4.61. The van der Waals surface area contributed by atoms with Gasteiger partial charge in [0, 0.05) is 34.8 Å². The highest BCUT2D eigenvalue weighted by atomic mass is 15.2. The number of anilines is 1. The molecule has 4 rings (SSSR count). The van der Waals surface area contributed by atoms with Crippen molar-refractivity contribution in [3.8, 4) is 0 Å². The second-order valence-electron chi connectivity index (χ2n) is 9.57. The Kier molecular flexibility index (Phi) is 9.84. The lowest BCUT2D eigenvalue weighted by molar-refractivity contribution is 0.958. The number of allylic oxidation sites excluding steroid dienone is 14. The first-order chi connectivity index (χ1) is 19.5. The number of hydrogen-bond donors (Lipinski definition) is 0. The van der Waals surface area contributed by atoms with Gasteiger partial charge in [-0.15, -0.1) is 0 Å². The number of aromatic nitrogens is 2. The zero-order valence-corrected chi connectivity index (χ0v) is 23.7. The maximum Gasteiger partial charge on any atom is 0.145 e. The molecule has 0 saturated carbocycles. The van der Waals surface area contributed by atoms with E-state index in [4.69, 9.17) is 9.98 Å². The number of benzene rings is 1. The predicted molar refractivity (Wildman–Crippen MR) is 174 cm³/mol. The van der Waals surface area contributed by atoms with Crippen LogP contribution >= 0.6 is 0 Å². The number of aliphatic imine (C=N–C) groups is 1. The Bertz CT molecular complexity index is 1500. The molecule has 1 aliphatic heterocycles. The van der Waals surface area contributed by atoms with E-state index in [9.17, 15) is 0 Å². The third-order valence-electron chi connectivity index (χ3n) is 6.60. The van der Waals surface area contributed by atoms with Crippen molar-refractivity contribution in [1.82, 2.24) is 9.55 Å².